The zero-order valence-electron chi connectivity index (χ0n) is 12.1. The van der Waals surface area contributed by atoms with E-state index in [0.29, 0.717) is 0 Å². The second-order valence-corrected chi connectivity index (χ2v) is 7.88. The van der Waals surface area contributed by atoms with Crippen LogP contribution >= 0.6 is 0 Å². The minimum absolute atomic E-state index is 0.0463. The molecule has 5 saturated carbocycles. The minimum atomic E-state index is 0.0463. The molecule has 4 bridgehead atoms. The predicted octanol–water partition coefficient (Wildman–Crippen LogP) is 3.44. The molecule has 0 saturated heterocycles. The molecule has 0 N–H and O–H groups in total. The number of nitrogens with zero attached hydrogens (tertiary/aromatic N) is 2. The van der Waals surface area contributed by atoms with Crippen LogP contribution in [-0.4, -0.2) is 24.0 Å². The fourth-order valence-corrected chi connectivity index (χ4v) is 5.77. The smallest absolute Gasteiger partial charge is 0.0703 e. The van der Waals surface area contributed by atoms with Gasteiger partial charge < -0.3 is 0 Å². The highest BCUT2D eigenvalue weighted by molar-refractivity contribution is 5.12. The molecule has 0 aromatic heterocycles. The lowest BCUT2D eigenvalue weighted by Crippen LogP contribution is -2.56. The van der Waals surface area contributed by atoms with E-state index in [0.717, 1.165) is 55.6 Å². The number of hydrogen-bond donors (Lipinski definition) is 0. The summed E-state index contributed by atoms with van der Waals surface area (Å²) in [6.07, 6.45) is 9.80. The van der Waals surface area contributed by atoms with E-state index in [1.807, 2.05) is 0 Å². The van der Waals surface area contributed by atoms with Crippen molar-refractivity contribution in [1.29, 1.82) is 5.26 Å². The molecule has 0 unspecified atom stereocenters. The monoisotopic (exact) mass is 258 g/mol. The van der Waals surface area contributed by atoms with E-state index in [-0.39, 0.29) is 5.41 Å². The summed E-state index contributed by atoms with van der Waals surface area (Å²) in [4.78, 5) is 2.71. The Kier molecular flexibility index (Phi) is 2.71. The zero-order valence-corrected chi connectivity index (χ0v) is 12.1. The van der Waals surface area contributed by atoms with Crippen LogP contribution in [0.1, 0.15) is 51.9 Å². The highest BCUT2D eigenvalue weighted by Crippen LogP contribution is 2.56. The van der Waals surface area contributed by atoms with E-state index in [9.17, 15) is 5.26 Å². The Balaban J connectivity index is 1.52. The third-order valence-corrected chi connectivity index (χ3v) is 6.60. The van der Waals surface area contributed by atoms with Gasteiger partial charge in [-0.2, -0.15) is 5.26 Å². The van der Waals surface area contributed by atoms with Gasteiger partial charge in [0.15, 0.2) is 0 Å². The lowest BCUT2D eigenvalue weighted by Gasteiger charge is -2.57. The molecule has 0 heterocycles. The Hall–Kier alpha value is -0.550. The van der Waals surface area contributed by atoms with Crippen molar-refractivity contribution in [3.63, 3.8) is 0 Å². The van der Waals surface area contributed by atoms with Crippen molar-refractivity contribution in [2.75, 3.05) is 13.1 Å². The first kappa shape index (κ1) is 12.2. The molecule has 0 spiro atoms. The lowest BCUT2D eigenvalue weighted by atomic mass is 9.54. The summed E-state index contributed by atoms with van der Waals surface area (Å²) in [5.74, 6) is 4.04. The molecular formula is C17H26N2. The van der Waals surface area contributed by atoms with E-state index in [1.54, 1.807) is 0 Å². The standard InChI is InChI=1S/C17H26N2/c1-2-19(11-17(10-18)3-4-17)16-14-6-12-5-13(8-14)9-15(16)7-12/h12-16H,2-9,11H2,1H3. The molecule has 2 nitrogen and oxygen atoms in total. The summed E-state index contributed by atoms with van der Waals surface area (Å²) in [5, 5.41) is 9.37. The maximum absolute atomic E-state index is 9.37. The van der Waals surface area contributed by atoms with Crippen LogP contribution in [0.15, 0.2) is 0 Å². The summed E-state index contributed by atoms with van der Waals surface area (Å²) >= 11 is 0. The fraction of sp³-hybridized carbons (Fsp3) is 0.941. The van der Waals surface area contributed by atoms with Gasteiger partial charge in [0.25, 0.3) is 0 Å². The van der Waals surface area contributed by atoms with Crippen LogP contribution in [0, 0.1) is 40.4 Å². The number of rotatable bonds is 4. The topological polar surface area (TPSA) is 27.0 Å². The Morgan fingerprint density at radius 3 is 2.05 bits per heavy atom. The zero-order chi connectivity index (χ0) is 13.0. The van der Waals surface area contributed by atoms with Crippen LogP contribution in [0.4, 0.5) is 0 Å². The van der Waals surface area contributed by atoms with Crippen molar-refractivity contribution in [2.24, 2.45) is 29.1 Å². The van der Waals surface area contributed by atoms with Crippen LogP contribution in [0.2, 0.25) is 0 Å². The summed E-state index contributed by atoms with van der Waals surface area (Å²) in [6, 6.07) is 3.42. The molecule has 0 aromatic rings. The van der Waals surface area contributed by atoms with Gasteiger partial charge in [0.05, 0.1) is 11.5 Å². The summed E-state index contributed by atoms with van der Waals surface area (Å²) in [7, 11) is 0. The summed E-state index contributed by atoms with van der Waals surface area (Å²) < 4.78 is 0. The van der Waals surface area contributed by atoms with Gasteiger partial charge in [0, 0.05) is 12.6 Å². The summed E-state index contributed by atoms with van der Waals surface area (Å²) in [5.41, 5.74) is 0.0463. The second-order valence-electron chi connectivity index (χ2n) is 7.88. The maximum Gasteiger partial charge on any atom is 0.0703 e. The van der Waals surface area contributed by atoms with Gasteiger partial charge in [-0.15, -0.1) is 0 Å². The molecule has 5 aliphatic rings. The Morgan fingerprint density at radius 2 is 1.63 bits per heavy atom. The maximum atomic E-state index is 9.37. The van der Waals surface area contributed by atoms with E-state index in [1.165, 1.54) is 32.1 Å². The third kappa shape index (κ3) is 1.93. The average molecular weight is 258 g/mol. The molecular weight excluding hydrogens is 232 g/mol. The number of hydrogen-bond acceptors (Lipinski definition) is 2. The molecule has 2 heteroatoms. The van der Waals surface area contributed by atoms with Crippen LogP contribution in [0.3, 0.4) is 0 Å². The van der Waals surface area contributed by atoms with Crippen molar-refractivity contribution in [1.82, 2.24) is 4.90 Å². The van der Waals surface area contributed by atoms with Crippen molar-refractivity contribution in [3.05, 3.63) is 0 Å². The first-order valence-corrected chi connectivity index (χ1v) is 8.38. The number of nitriles is 1. The van der Waals surface area contributed by atoms with Crippen molar-refractivity contribution in [2.45, 2.75) is 57.9 Å². The Labute approximate surface area is 117 Å². The van der Waals surface area contributed by atoms with Crippen molar-refractivity contribution in [3.8, 4) is 6.07 Å². The van der Waals surface area contributed by atoms with Gasteiger partial charge in [0.2, 0.25) is 0 Å². The van der Waals surface area contributed by atoms with E-state index in [2.05, 4.69) is 17.9 Å². The van der Waals surface area contributed by atoms with Gasteiger partial charge in [-0.1, -0.05) is 6.92 Å². The largest absolute Gasteiger partial charge is 0.299 e. The Bertz CT molecular complexity index is 376. The van der Waals surface area contributed by atoms with Gasteiger partial charge in [-0.25, -0.2) is 0 Å². The first-order valence-electron chi connectivity index (χ1n) is 8.38. The Morgan fingerprint density at radius 1 is 1.05 bits per heavy atom. The highest BCUT2D eigenvalue weighted by Gasteiger charge is 2.52. The van der Waals surface area contributed by atoms with Gasteiger partial charge in [0.1, 0.15) is 0 Å². The van der Waals surface area contributed by atoms with Crippen LogP contribution < -0.4 is 0 Å². The average Bonchev–Trinajstić information content (AvgIpc) is 3.16. The first-order chi connectivity index (χ1) is 9.23. The van der Waals surface area contributed by atoms with Crippen molar-refractivity contribution < 1.29 is 0 Å². The second kappa shape index (κ2) is 4.22. The molecule has 104 valence electrons. The molecule has 0 aliphatic heterocycles. The molecule has 19 heavy (non-hydrogen) atoms. The molecule has 5 fully saturated rings. The molecule has 5 aliphatic carbocycles. The predicted molar refractivity (Wildman–Crippen MR) is 75.4 cm³/mol. The normalized spacial score (nSPS) is 45.4. The fourth-order valence-electron chi connectivity index (χ4n) is 5.77. The van der Waals surface area contributed by atoms with Crippen LogP contribution in [0.25, 0.3) is 0 Å². The quantitative estimate of drug-likeness (QED) is 0.772. The highest BCUT2D eigenvalue weighted by atomic mass is 15.2. The van der Waals surface area contributed by atoms with Gasteiger partial charge in [-0.05, 0) is 75.2 Å². The van der Waals surface area contributed by atoms with Gasteiger partial charge >= 0.3 is 0 Å². The lowest BCUT2D eigenvalue weighted by molar-refractivity contribution is -0.0670. The van der Waals surface area contributed by atoms with E-state index < -0.39 is 0 Å². The van der Waals surface area contributed by atoms with E-state index in [4.69, 9.17) is 0 Å². The molecule has 0 aromatic carbocycles. The molecule has 0 atom stereocenters. The molecule has 0 amide bonds. The van der Waals surface area contributed by atoms with Crippen LogP contribution in [0.5, 0.6) is 0 Å². The minimum Gasteiger partial charge on any atom is -0.299 e. The van der Waals surface area contributed by atoms with Gasteiger partial charge in [-0.3, -0.25) is 4.90 Å². The van der Waals surface area contributed by atoms with Crippen molar-refractivity contribution >= 4 is 0 Å². The third-order valence-electron chi connectivity index (χ3n) is 6.60. The van der Waals surface area contributed by atoms with Crippen LogP contribution in [-0.2, 0) is 0 Å². The van der Waals surface area contributed by atoms with E-state index >= 15 is 0 Å². The summed E-state index contributed by atoms with van der Waals surface area (Å²) in [6.45, 7) is 4.52. The molecule has 0 radical (unpaired) electrons. The SMILES string of the molecule is CCN(CC1(C#N)CC1)C1C2CC3CC(C2)CC1C3. The molecule has 5 rings (SSSR count).